The van der Waals surface area contributed by atoms with Crippen molar-refractivity contribution in [1.29, 1.82) is 0 Å². The summed E-state index contributed by atoms with van der Waals surface area (Å²) in [5.74, 6) is 5.39. The average Bonchev–Trinajstić information content (AvgIpc) is 2.19. The number of benzene rings is 1. The Balaban J connectivity index is 3.05. The Morgan fingerprint density at radius 2 is 2.00 bits per heavy atom. The topological polar surface area (TPSA) is 0 Å². The molecule has 0 spiro atoms. The summed E-state index contributed by atoms with van der Waals surface area (Å²) in [6.45, 7) is 0. The Bertz CT molecular complexity index is 429. The lowest BCUT2D eigenvalue weighted by molar-refractivity contribution is -0.137. The summed E-state index contributed by atoms with van der Waals surface area (Å²) in [6, 6.07) is 3.64. The Morgan fingerprint density at radius 3 is 2.56 bits per heavy atom. The number of rotatable bonds is 1. The average molecular weight is 312 g/mol. The van der Waals surface area contributed by atoms with Crippen molar-refractivity contribution in [3.63, 3.8) is 0 Å². The van der Waals surface area contributed by atoms with Crippen LogP contribution in [-0.4, -0.2) is 5.33 Å². The minimum absolute atomic E-state index is 0.307. The fraction of sp³-hybridized carbons (Fsp3) is 0.273. The predicted octanol–water partition coefficient (Wildman–Crippen LogP) is 4.50. The summed E-state index contributed by atoms with van der Waals surface area (Å²) in [5.41, 5.74) is -0.530. The van der Waals surface area contributed by atoms with Crippen molar-refractivity contribution in [1.82, 2.24) is 0 Å². The standard InChI is InChI=1S/C11H7BrClF3/c12-6-2-1-3-8-4-5-10(13)9(7-8)11(14,15)16/h4-5,7H,2,6H2. The summed E-state index contributed by atoms with van der Waals surface area (Å²) in [7, 11) is 0. The van der Waals surface area contributed by atoms with Crippen LogP contribution in [0.4, 0.5) is 13.2 Å². The first kappa shape index (κ1) is 13.4. The lowest BCUT2D eigenvalue weighted by Crippen LogP contribution is -2.06. The van der Waals surface area contributed by atoms with Gasteiger partial charge in [0.2, 0.25) is 0 Å². The fourth-order valence-corrected chi connectivity index (χ4v) is 1.46. The van der Waals surface area contributed by atoms with Gasteiger partial charge in [-0.25, -0.2) is 0 Å². The van der Waals surface area contributed by atoms with E-state index in [2.05, 4.69) is 27.8 Å². The monoisotopic (exact) mass is 310 g/mol. The zero-order chi connectivity index (χ0) is 12.2. The van der Waals surface area contributed by atoms with E-state index < -0.39 is 11.7 Å². The summed E-state index contributed by atoms with van der Waals surface area (Å²) in [6.07, 6.45) is -3.85. The molecule has 0 aliphatic rings. The van der Waals surface area contributed by atoms with E-state index in [1.165, 1.54) is 12.1 Å². The molecule has 0 amide bonds. The van der Waals surface area contributed by atoms with Crippen LogP contribution in [0.2, 0.25) is 5.02 Å². The summed E-state index contributed by atoms with van der Waals surface area (Å²) in [4.78, 5) is 0. The molecule has 0 aliphatic heterocycles. The first-order chi connectivity index (χ1) is 7.45. The van der Waals surface area contributed by atoms with Crippen molar-refractivity contribution in [3.05, 3.63) is 34.3 Å². The molecule has 0 radical (unpaired) electrons. The molecule has 0 atom stereocenters. The zero-order valence-electron chi connectivity index (χ0n) is 8.04. The van der Waals surface area contributed by atoms with Gasteiger partial charge in [0.05, 0.1) is 10.6 Å². The van der Waals surface area contributed by atoms with Crippen LogP contribution in [-0.2, 0) is 6.18 Å². The van der Waals surface area contributed by atoms with Gasteiger partial charge in [0, 0.05) is 17.3 Å². The van der Waals surface area contributed by atoms with Gasteiger partial charge in [-0.1, -0.05) is 39.4 Å². The highest BCUT2D eigenvalue weighted by atomic mass is 79.9. The third kappa shape index (κ3) is 3.73. The largest absolute Gasteiger partial charge is 0.417 e. The zero-order valence-corrected chi connectivity index (χ0v) is 10.4. The second-order valence-electron chi connectivity index (χ2n) is 2.93. The molecule has 1 aromatic carbocycles. The normalized spacial score (nSPS) is 10.8. The SMILES string of the molecule is FC(F)(F)c1cc(C#CCCBr)ccc1Cl. The van der Waals surface area contributed by atoms with E-state index in [4.69, 9.17) is 11.6 Å². The Hall–Kier alpha value is -0.660. The Labute approximate surface area is 105 Å². The van der Waals surface area contributed by atoms with Gasteiger partial charge in [-0.2, -0.15) is 13.2 Å². The second kappa shape index (κ2) is 5.60. The van der Waals surface area contributed by atoms with Crippen molar-refractivity contribution in [2.75, 3.05) is 5.33 Å². The molecule has 16 heavy (non-hydrogen) atoms. The van der Waals surface area contributed by atoms with Crippen molar-refractivity contribution in [2.45, 2.75) is 12.6 Å². The predicted molar refractivity (Wildman–Crippen MR) is 61.7 cm³/mol. The van der Waals surface area contributed by atoms with Crippen LogP contribution in [0.15, 0.2) is 18.2 Å². The van der Waals surface area contributed by atoms with Gasteiger partial charge < -0.3 is 0 Å². The molecule has 5 heteroatoms. The molecule has 0 saturated carbocycles. The molecule has 0 heterocycles. The van der Waals surface area contributed by atoms with E-state index in [0.717, 1.165) is 6.07 Å². The summed E-state index contributed by atoms with van der Waals surface area (Å²) < 4.78 is 37.4. The highest BCUT2D eigenvalue weighted by molar-refractivity contribution is 9.09. The lowest BCUT2D eigenvalue weighted by Gasteiger charge is -2.08. The van der Waals surface area contributed by atoms with E-state index in [9.17, 15) is 13.2 Å². The minimum Gasteiger partial charge on any atom is -0.166 e. The van der Waals surface area contributed by atoms with Gasteiger partial charge in [0.25, 0.3) is 0 Å². The van der Waals surface area contributed by atoms with Gasteiger partial charge >= 0.3 is 6.18 Å². The second-order valence-corrected chi connectivity index (χ2v) is 4.13. The molecule has 0 aliphatic carbocycles. The Kier molecular flexibility index (Phi) is 4.69. The van der Waals surface area contributed by atoms with Crippen LogP contribution in [0.25, 0.3) is 0 Å². The first-order valence-electron chi connectivity index (χ1n) is 4.36. The quantitative estimate of drug-likeness (QED) is 0.529. The van der Waals surface area contributed by atoms with Gasteiger partial charge in [0.15, 0.2) is 0 Å². The molecule has 1 aromatic rings. The van der Waals surface area contributed by atoms with Crippen LogP contribution in [0.1, 0.15) is 17.5 Å². The number of hydrogen-bond donors (Lipinski definition) is 0. The van der Waals surface area contributed by atoms with Crippen LogP contribution in [0.3, 0.4) is 0 Å². The maximum Gasteiger partial charge on any atom is 0.417 e. The third-order valence-corrected chi connectivity index (χ3v) is 2.45. The highest BCUT2D eigenvalue weighted by Crippen LogP contribution is 2.34. The maximum absolute atomic E-state index is 12.5. The molecule has 0 aromatic heterocycles. The third-order valence-electron chi connectivity index (χ3n) is 1.72. The molecule has 0 fully saturated rings. The molecule has 0 unspecified atom stereocenters. The first-order valence-corrected chi connectivity index (χ1v) is 5.86. The van der Waals surface area contributed by atoms with Crippen LogP contribution in [0, 0.1) is 11.8 Å². The van der Waals surface area contributed by atoms with Crippen molar-refractivity contribution in [3.8, 4) is 11.8 Å². The van der Waals surface area contributed by atoms with E-state index in [-0.39, 0.29) is 5.02 Å². The number of hydrogen-bond acceptors (Lipinski definition) is 0. The van der Waals surface area contributed by atoms with Gasteiger partial charge in [-0.05, 0) is 18.2 Å². The molecule has 0 saturated heterocycles. The minimum atomic E-state index is -4.44. The molecule has 1 rings (SSSR count). The highest BCUT2D eigenvalue weighted by Gasteiger charge is 2.33. The van der Waals surface area contributed by atoms with Gasteiger partial charge in [-0.15, -0.1) is 0 Å². The molecule has 0 bridgehead atoms. The van der Waals surface area contributed by atoms with Crippen LogP contribution < -0.4 is 0 Å². The number of halogens is 5. The van der Waals surface area contributed by atoms with Crippen molar-refractivity contribution in [2.24, 2.45) is 0 Å². The van der Waals surface area contributed by atoms with Crippen LogP contribution >= 0.6 is 27.5 Å². The molecular weight excluding hydrogens is 304 g/mol. The van der Waals surface area contributed by atoms with E-state index in [1.54, 1.807) is 0 Å². The lowest BCUT2D eigenvalue weighted by atomic mass is 10.1. The smallest absolute Gasteiger partial charge is 0.166 e. The Morgan fingerprint density at radius 1 is 1.31 bits per heavy atom. The van der Waals surface area contributed by atoms with Crippen LogP contribution in [0.5, 0.6) is 0 Å². The fourth-order valence-electron chi connectivity index (χ4n) is 1.03. The summed E-state index contributed by atoms with van der Waals surface area (Å²) in [5, 5.41) is 0.387. The molecule has 86 valence electrons. The van der Waals surface area contributed by atoms with Gasteiger partial charge in [0.1, 0.15) is 0 Å². The molecular formula is C11H7BrClF3. The van der Waals surface area contributed by atoms with Gasteiger partial charge in [-0.3, -0.25) is 0 Å². The molecule has 0 nitrogen and oxygen atoms in total. The van der Waals surface area contributed by atoms with Crippen molar-refractivity contribution < 1.29 is 13.2 Å². The van der Waals surface area contributed by atoms with E-state index in [1.807, 2.05) is 0 Å². The van der Waals surface area contributed by atoms with E-state index in [0.29, 0.717) is 17.3 Å². The van der Waals surface area contributed by atoms with Crippen molar-refractivity contribution >= 4 is 27.5 Å². The number of alkyl halides is 4. The maximum atomic E-state index is 12.5. The summed E-state index contributed by atoms with van der Waals surface area (Å²) >= 11 is 8.64. The molecule has 0 N–H and O–H groups in total. The van der Waals surface area contributed by atoms with E-state index >= 15 is 0 Å².